The van der Waals surface area contributed by atoms with E-state index in [1.165, 1.54) is 24.3 Å². The Labute approximate surface area is 183 Å². The van der Waals surface area contributed by atoms with Crippen LogP contribution in [0.5, 0.6) is 0 Å². The minimum Gasteiger partial charge on any atom is -0.462 e. The highest BCUT2D eigenvalue weighted by atomic mass is 19.1. The smallest absolute Gasteiger partial charge is 0.339 e. The molecule has 0 aliphatic rings. The summed E-state index contributed by atoms with van der Waals surface area (Å²) in [5, 5.41) is 2.88. The van der Waals surface area contributed by atoms with E-state index in [4.69, 9.17) is 15.2 Å². The SMILES string of the molecule is CCOC(=O)c1cc(C)n(CC(=O)OCc2nc(N)nc(Nc3ccc(F)cc3)n2)c1C. The Bertz CT molecular complexity index is 1130. The van der Waals surface area contributed by atoms with E-state index in [1.807, 2.05) is 0 Å². The lowest BCUT2D eigenvalue weighted by atomic mass is 10.2. The summed E-state index contributed by atoms with van der Waals surface area (Å²) in [6, 6.07) is 7.27. The summed E-state index contributed by atoms with van der Waals surface area (Å²) in [6.45, 7) is 5.17. The summed E-state index contributed by atoms with van der Waals surface area (Å²) in [4.78, 5) is 36.5. The second kappa shape index (κ2) is 9.86. The number of aryl methyl sites for hydroxylation is 1. The first-order valence-corrected chi connectivity index (χ1v) is 9.79. The maximum atomic E-state index is 13.0. The molecule has 0 atom stereocenters. The van der Waals surface area contributed by atoms with Crippen molar-refractivity contribution >= 4 is 29.5 Å². The van der Waals surface area contributed by atoms with Gasteiger partial charge in [-0.2, -0.15) is 15.0 Å². The van der Waals surface area contributed by atoms with E-state index >= 15 is 0 Å². The quantitative estimate of drug-likeness (QED) is 0.505. The van der Waals surface area contributed by atoms with Crippen molar-refractivity contribution in [1.82, 2.24) is 19.5 Å². The molecule has 0 bridgehead atoms. The lowest BCUT2D eigenvalue weighted by molar-refractivity contribution is -0.146. The van der Waals surface area contributed by atoms with Crippen molar-refractivity contribution in [3.63, 3.8) is 0 Å². The van der Waals surface area contributed by atoms with Crippen LogP contribution < -0.4 is 11.1 Å². The number of carbonyl (C=O) groups is 2. The molecule has 3 N–H and O–H groups in total. The number of anilines is 3. The fourth-order valence-corrected chi connectivity index (χ4v) is 3.00. The Morgan fingerprint density at radius 3 is 2.53 bits per heavy atom. The van der Waals surface area contributed by atoms with Crippen LogP contribution in [0.2, 0.25) is 0 Å². The normalized spacial score (nSPS) is 10.6. The number of esters is 2. The number of ether oxygens (including phenoxy) is 2. The molecular formula is C21H23FN6O4. The van der Waals surface area contributed by atoms with Crippen LogP contribution in [0.4, 0.5) is 22.0 Å². The van der Waals surface area contributed by atoms with Gasteiger partial charge in [0.2, 0.25) is 11.9 Å². The van der Waals surface area contributed by atoms with Crippen LogP contribution in [-0.4, -0.2) is 38.1 Å². The highest BCUT2D eigenvalue weighted by Gasteiger charge is 2.19. The zero-order valence-corrected chi connectivity index (χ0v) is 17.9. The first kappa shape index (κ1) is 22.7. The molecule has 0 fully saturated rings. The number of hydrogen-bond donors (Lipinski definition) is 2. The van der Waals surface area contributed by atoms with Gasteiger partial charge in [0, 0.05) is 17.1 Å². The van der Waals surface area contributed by atoms with E-state index in [2.05, 4.69) is 20.3 Å². The molecule has 11 heteroatoms. The van der Waals surface area contributed by atoms with Crippen molar-refractivity contribution in [2.45, 2.75) is 33.9 Å². The fourth-order valence-electron chi connectivity index (χ4n) is 3.00. The number of benzene rings is 1. The van der Waals surface area contributed by atoms with Crippen LogP contribution in [0.1, 0.15) is 34.5 Å². The van der Waals surface area contributed by atoms with E-state index in [0.29, 0.717) is 16.9 Å². The predicted octanol–water partition coefficient (Wildman–Crippen LogP) is 2.67. The van der Waals surface area contributed by atoms with Gasteiger partial charge in [-0.05, 0) is 51.1 Å². The summed E-state index contributed by atoms with van der Waals surface area (Å²) in [7, 11) is 0. The second-order valence-corrected chi connectivity index (χ2v) is 6.82. The molecule has 2 aromatic heterocycles. The summed E-state index contributed by atoms with van der Waals surface area (Å²) in [5.74, 6) is -1.15. The topological polar surface area (TPSA) is 134 Å². The Hall–Kier alpha value is -4.02. The average molecular weight is 442 g/mol. The van der Waals surface area contributed by atoms with Gasteiger partial charge < -0.3 is 25.1 Å². The molecular weight excluding hydrogens is 419 g/mol. The first-order chi connectivity index (χ1) is 15.3. The Morgan fingerprint density at radius 2 is 1.84 bits per heavy atom. The van der Waals surface area contributed by atoms with E-state index in [0.717, 1.165) is 5.69 Å². The van der Waals surface area contributed by atoms with Gasteiger partial charge in [-0.1, -0.05) is 0 Å². The Balaban J connectivity index is 1.64. The molecule has 2 heterocycles. The molecule has 0 aliphatic heterocycles. The number of nitrogen functional groups attached to an aromatic ring is 1. The molecule has 0 saturated carbocycles. The van der Waals surface area contributed by atoms with Gasteiger partial charge in [0.15, 0.2) is 12.4 Å². The molecule has 0 unspecified atom stereocenters. The number of nitrogens with two attached hydrogens (primary N) is 1. The van der Waals surface area contributed by atoms with Crippen molar-refractivity contribution in [3.8, 4) is 0 Å². The lowest BCUT2D eigenvalue weighted by Gasteiger charge is -2.10. The van der Waals surface area contributed by atoms with Crippen molar-refractivity contribution < 1.29 is 23.5 Å². The van der Waals surface area contributed by atoms with Gasteiger partial charge in [-0.25, -0.2) is 9.18 Å². The van der Waals surface area contributed by atoms with E-state index in [1.54, 1.807) is 31.4 Å². The van der Waals surface area contributed by atoms with Crippen molar-refractivity contribution in [2.75, 3.05) is 17.7 Å². The van der Waals surface area contributed by atoms with Gasteiger partial charge in [-0.15, -0.1) is 0 Å². The number of hydrogen-bond acceptors (Lipinski definition) is 9. The van der Waals surface area contributed by atoms with Gasteiger partial charge in [0.1, 0.15) is 12.4 Å². The number of nitrogens with one attached hydrogen (secondary N) is 1. The molecule has 3 aromatic rings. The van der Waals surface area contributed by atoms with Gasteiger partial charge in [0.05, 0.1) is 12.2 Å². The zero-order valence-electron chi connectivity index (χ0n) is 17.9. The van der Waals surface area contributed by atoms with Crippen molar-refractivity contribution in [1.29, 1.82) is 0 Å². The number of halogens is 1. The second-order valence-electron chi connectivity index (χ2n) is 6.82. The molecule has 32 heavy (non-hydrogen) atoms. The molecule has 168 valence electrons. The lowest BCUT2D eigenvalue weighted by Crippen LogP contribution is -2.17. The average Bonchev–Trinajstić information content (AvgIpc) is 3.02. The first-order valence-electron chi connectivity index (χ1n) is 9.79. The third kappa shape index (κ3) is 5.56. The minimum atomic E-state index is -0.547. The molecule has 0 aliphatic carbocycles. The number of aromatic nitrogens is 4. The van der Waals surface area contributed by atoms with Gasteiger partial charge >= 0.3 is 11.9 Å². The monoisotopic (exact) mass is 442 g/mol. The van der Waals surface area contributed by atoms with Gasteiger partial charge in [-0.3, -0.25) is 4.79 Å². The van der Waals surface area contributed by atoms with E-state index in [9.17, 15) is 14.0 Å². The van der Waals surface area contributed by atoms with Crippen LogP contribution in [0, 0.1) is 19.7 Å². The highest BCUT2D eigenvalue weighted by Crippen LogP contribution is 2.17. The third-order valence-electron chi connectivity index (χ3n) is 4.52. The van der Waals surface area contributed by atoms with Crippen LogP contribution in [0.3, 0.4) is 0 Å². The third-order valence-corrected chi connectivity index (χ3v) is 4.52. The van der Waals surface area contributed by atoms with Crippen molar-refractivity contribution in [3.05, 3.63) is 58.9 Å². The molecule has 0 amide bonds. The Kier molecular flexibility index (Phi) is 6.98. The van der Waals surface area contributed by atoms with Crippen LogP contribution in [-0.2, 0) is 27.4 Å². The van der Waals surface area contributed by atoms with Crippen LogP contribution in [0.15, 0.2) is 30.3 Å². The molecule has 3 rings (SSSR count). The maximum Gasteiger partial charge on any atom is 0.339 e. The molecule has 0 saturated heterocycles. The summed E-state index contributed by atoms with van der Waals surface area (Å²) >= 11 is 0. The number of carbonyl (C=O) groups excluding carboxylic acids is 2. The number of rotatable bonds is 8. The zero-order chi connectivity index (χ0) is 23.3. The molecule has 0 radical (unpaired) electrons. The van der Waals surface area contributed by atoms with Crippen molar-refractivity contribution in [2.24, 2.45) is 0 Å². The van der Waals surface area contributed by atoms with E-state index in [-0.39, 0.29) is 43.3 Å². The minimum absolute atomic E-state index is 0.0631. The van der Waals surface area contributed by atoms with Crippen LogP contribution >= 0.6 is 0 Å². The largest absolute Gasteiger partial charge is 0.462 e. The van der Waals surface area contributed by atoms with E-state index < -0.39 is 11.9 Å². The summed E-state index contributed by atoms with van der Waals surface area (Å²) in [5.41, 5.74) is 7.99. The summed E-state index contributed by atoms with van der Waals surface area (Å²) in [6.07, 6.45) is 0. The molecule has 1 aromatic carbocycles. The Morgan fingerprint density at radius 1 is 1.12 bits per heavy atom. The number of nitrogens with zero attached hydrogens (tertiary/aromatic N) is 4. The van der Waals surface area contributed by atoms with Gasteiger partial charge in [0.25, 0.3) is 0 Å². The molecule has 0 spiro atoms. The fraction of sp³-hybridized carbons (Fsp3) is 0.286. The maximum absolute atomic E-state index is 13.0. The highest BCUT2D eigenvalue weighted by molar-refractivity contribution is 5.91. The standard InChI is InChI=1S/C21H23FN6O4/c1-4-31-19(30)16-9-12(2)28(13(16)3)10-18(29)32-11-17-25-20(23)27-21(26-17)24-15-7-5-14(22)6-8-15/h5-9H,4,10-11H2,1-3H3,(H3,23,24,25,26,27). The predicted molar refractivity (Wildman–Crippen MR) is 114 cm³/mol. The van der Waals surface area contributed by atoms with Crippen LogP contribution in [0.25, 0.3) is 0 Å². The summed E-state index contributed by atoms with van der Waals surface area (Å²) < 4.78 is 25.0. The molecule has 10 nitrogen and oxygen atoms in total.